The SMILES string of the molecule is CC(C)n1c(SCC(=O)Nc2ccc(F)c(Cl)c2)nnc1-c1ccco1. The van der Waals surface area contributed by atoms with E-state index in [0.717, 1.165) is 0 Å². The molecule has 3 aromatic rings. The van der Waals surface area contributed by atoms with Crippen LogP contribution in [0.15, 0.2) is 46.2 Å². The van der Waals surface area contributed by atoms with Gasteiger partial charge in [-0.25, -0.2) is 4.39 Å². The molecule has 0 atom stereocenters. The number of nitrogens with zero attached hydrogens (tertiary/aromatic N) is 3. The molecule has 6 nitrogen and oxygen atoms in total. The highest BCUT2D eigenvalue weighted by molar-refractivity contribution is 7.99. The molecule has 136 valence electrons. The van der Waals surface area contributed by atoms with Crippen molar-refractivity contribution in [2.45, 2.75) is 25.0 Å². The van der Waals surface area contributed by atoms with Crippen LogP contribution in [0.3, 0.4) is 0 Å². The van der Waals surface area contributed by atoms with Crippen molar-refractivity contribution < 1.29 is 13.6 Å². The number of anilines is 1. The Bertz CT molecular complexity index is 912. The molecule has 0 bridgehead atoms. The van der Waals surface area contributed by atoms with E-state index in [1.165, 1.54) is 30.0 Å². The maximum atomic E-state index is 13.2. The normalized spacial score (nSPS) is 11.1. The van der Waals surface area contributed by atoms with Crippen molar-refractivity contribution >= 4 is 35.0 Å². The Balaban J connectivity index is 1.69. The monoisotopic (exact) mass is 394 g/mol. The predicted octanol–water partition coefficient (Wildman–Crippen LogP) is 4.64. The summed E-state index contributed by atoms with van der Waals surface area (Å²) in [6, 6.07) is 7.70. The summed E-state index contributed by atoms with van der Waals surface area (Å²) in [6.45, 7) is 4.00. The minimum absolute atomic E-state index is 0.0434. The second-order valence-corrected chi connectivity index (χ2v) is 7.06. The lowest BCUT2D eigenvalue weighted by Crippen LogP contribution is -2.15. The topological polar surface area (TPSA) is 73.0 Å². The molecule has 2 heterocycles. The van der Waals surface area contributed by atoms with E-state index >= 15 is 0 Å². The molecule has 0 saturated heterocycles. The summed E-state index contributed by atoms with van der Waals surface area (Å²) in [7, 11) is 0. The highest BCUT2D eigenvalue weighted by atomic mass is 35.5. The first-order valence-corrected chi connectivity index (χ1v) is 9.18. The van der Waals surface area contributed by atoms with Crippen molar-refractivity contribution in [2.24, 2.45) is 0 Å². The van der Waals surface area contributed by atoms with Crippen LogP contribution in [0, 0.1) is 5.82 Å². The molecule has 0 fully saturated rings. The Kier molecular flexibility index (Phi) is 5.63. The number of amides is 1. The Morgan fingerprint density at radius 1 is 1.38 bits per heavy atom. The standard InChI is InChI=1S/C17H16ClFN4O2S/c1-10(2)23-16(14-4-3-7-25-14)21-22-17(23)26-9-15(24)20-11-5-6-13(19)12(18)8-11/h3-8,10H,9H2,1-2H3,(H,20,24). The summed E-state index contributed by atoms with van der Waals surface area (Å²) in [5.74, 6) is 0.560. The van der Waals surface area contributed by atoms with Crippen LogP contribution in [0.4, 0.5) is 10.1 Å². The lowest BCUT2D eigenvalue weighted by atomic mass is 10.3. The van der Waals surface area contributed by atoms with Gasteiger partial charge in [0, 0.05) is 11.7 Å². The van der Waals surface area contributed by atoms with Crippen LogP contribution in [0.1, 0.15) is 19.9 Å². The predicted molar refractivity (Wildman–Crippen MR) is 98.9 cm³/mol. The maximum absolute atomic E-state index is 13.2. The van der Waals surface area contributed by atoms with Gasteiger partial charge in [0.25, 0.3) is 0 Å². The molecule has 9 heteroatoms. The molecule has 0 saturated carbocycles. The highest BCUT2D eigenvalue weighted by Crippen LogP contribution is 2.28. The van der Waals surface area contributed by atoms with Crippen LogP contribution in [0.25, 0.3) is 11.6 Å². The average molecular weight is 395 g/mol. The highest BCUT2D eigenvalue weighted by Gasteiger charge is 2.19. The number of furan rings is 1. The van der Waals surface area contributed by atoms with Crippen LogP contribution in [-0.4, -0.2) is 26.4 Å². The molecule has 2 aromatic heterocycles. The summed E-state index contributed by atoms with van der Waals surface area (Å²) in [4.78, 5) is 12.2. The zero-order valence-corrected chi connectivity index (χ0v) is 15.6. The van der Waals surface area contributed by atoms with Gasteiger partial charge in [0.2, 0.25) is 11.7 Å². The number of rotatable bonds is 6. The number of carbonyl (C=O) groups is 1. The maximum Gasteiger partial charge on any atom is 0.234 e. The van der Waals surface area contributed by atoms with Crippen molar-refractivity contribution in [3.05, 3.63) is 47.4 Å². The second-order valence-electron chi connectivity index (χ2n) is 5.71. The number of benzene rings is 1. The molecular weight excluding hydrogens is 379 g/mol. The van der Waals surface area contributed by atoms with E-state index in [4.69, 9.17) is 16.0 Å². The van der Waals surface area contributed by atoms with Crippen molar-refractivity contribution in [1.29, 1.82) is 0 Å². The summed E-state index contributed by atoms with van der Waals surface area (Å²) in [5.41, 5.74) is 0.434. The van der Waals surface area contributed by atoms with Crippen LogP contribution < -0.4 is 5.32 Å². The number of nitrogens with one attached hydrogen (secondary N) is 1. The fourth-order valence-corrected chi connectivity index (χ4v) is 3.36. The third kappa shape index (κ3) is 4.08. The van der Waals surface area contributed by atoms with E-state index in [0.29, 0.717) is 22.4 Å². The molecule has 3 rings (SSSR count). The molecule has 0 aliphatic carbocycles. The number of aromatic nitrogens is 3. The van der Waals surface area contributed by atoms with Gasteiger partial charge in [-0.15, -0.1) is 10.2 Å². The number of halogens is 2. The molecule has 1 N–H and O–H groups in total. The first-order chi connectivity index (χ1) is 12.5. The van der Waals surface area contributed by atoms with E-state index in [9.17, 15) is 9.18 Å². The van der Waals surface area contributed by atoms with Gasteiger partial charge in [-0.1, -0.05) is 23.4 Å². The Hall–Kier alpha value is -2.32. The Labute approximate surface area is 158 Å². The smallest absolute Gasteiger partial charge is 0.234 e. The first-order valence-electron chi connectivity index (χ1n) is 7.82. The van der Waals surface area contributed by atoms with E-state index in [-0.39, 0.29) is 22.7 Å². The van der Waals surface area contributed by atoms with Gasteiger partial charge in [-0.3, -0.25) is 9.36 Å². The molecule has 1 aromatic carbocycles. The Morgan fingerprint density at radius 3 is 2.85 bits per heavy atom. The van der Waals surface area contributed by atoms with Gasteiger partial charge in [0.1, 0.15) is 5.82 Å². The molecule has 0 unspecified atom stereocenters. The summed E-state index contributed by atoms with van der Waals surface area (Å²) in [5, 5.41) is 11.6. The second kappa shape index (κ2) is 7.92. The molecule has 26 heavy (non-hydrogen) atoms. The largest absolute Gasteiger partial charge is 0.461 e. The summed E-state index contributed by atoms with van der Waals surface area (Å²) in [6.07, 6.45) is 1.57. The van der Waals surface area contributed by atoms with Crippen LogP contribution >= 0.6 is 23.4 Å². The van der Waals surface area contributed by atoms with E-state index in [2.05, 4.69) is 15.5 Å². The first kappa shape index (κ1) is 18.5. The molecule has 0 spiro atoms. The van der Waals surface area contributed by atoms with Crippen LogP contribution in [0.2, 0.25) is 5.02 Å². The van der Waals surface area contributed by atoms with E-state index < -0.39 is 5.82 Å². The quantitative estimate of drug-likeness (QED) is 0.616. The van der Waals surface area contributed by atoms with Gasteiger partial charge in [-0.2, -0.15) is 0 Å². The lowest BCUT2D eigenvalue weighted by molar-refractivity contribution is -0.113. The lowest BCUT2D eigenvalue weighted by Gasteiger charge is -2.12. The number of carbonyl (C=O) groups excluding carboxylic acids is 1. The third-order valence-electron chi connectivity index (χ3n) is 3.46. The fourth-order valence-electron chi connectivity index (χ4n) is 2.32. The van der Waals surface area contributed by atoms with E-state index in [1.807, 2.05) is 24.5 Å². The van der Waals surface area contributed by atoms with Gasteiger partial charge < -0.3 is 9.73 Å². The zero-order valence-electron chi connectivity index (χ0n) is 14.1. The van der Waals surface area contributed by atoms with Crippen molar-refractivity contribution in [1.82, 2.24) is 14.8 Å². The number of hydrogen-bond donors (Lipinski definition) is 1. The van der Waals surface area contributed by atoms with Gasteiger partial charge in [0.05, 0.1) is 17.0 Å². The molecular formula is C17H16ClFN4O2S. The number of hydrogen-bond acceptors (Lipinski definition) is 5. The fraction of sp³-hybridized carbons (Fsp3) is 0.235. The zero-order chi connectivity index (χ0) is 18.7. The number of thioether (sulfide) groups is 1. The van der Waals surface area contributed by atoms with E-state index in [1.54, 1.807) is 12.3 Å². The van der Waals surface area contributed by atoms with Gasteiger partial charge in [-0.05, 0) is 44.2 Å². The molecule has 0 radical (unpaired) electrons. The minimum Gasteiger partial charge on any atom is -0.461 e. The molecule has 0 aliphatic rings. The molecule has 0 aliphatic heterocycles. The van der Waals surface area contributed by atoms with Gasteiger partial charge >= 0.3 is 0 Å². The summed E-state index contributed by atoms with van der Waals surface area (Å²) < 4.78 is 20.5. The Morgan fingerprint density at radius 2 is 2.19 bits per heavy atom. The van der Waals surface area contributed by atoms with Crippen molar-refractivity contribution in [3.8, 4) is 11.6 Å². The molecule has 1 amide bonds. The third-order valence-corrected chi connectivity index (χ3v) is 4.69. The minimum atomic E-state index is -0.533. The van der Waals surface area contributed by atoms with Crippen LogP contribution in [-0.2, 0) is 4.79 Å². The van der Waals surface area contributed by atoms with Crippen molar-refractivity contribution in [2.75, 3.05) is 11.1 Å². The summed E-state index contributed by atoms with van der Waals surface area (Å²) >= 11 is 6.97. The van der Waals surface area contributed by atoms with Crippen LogP contribution in [0.5, 0.6) is 0 Å². The van der Waals surface area contributed by atoms with Gasteiger partial charge in [0.15, 0.2) is 10.9 Å². The average Bonchev–Trinajstić information content (AvgIpc) is 3.25. The van der Waals surface area contributed by atoms with Crippen molar-refractivity contribution in [3.63, 3.8) is 0 Å².